The molecule has 1 heterocycles. The van der Waals surface area contributed by atoms with Gasteiger partial charge < -0.3 is 0 Å². The zero-order valence-electron chi connectivity index (χ0n) is 8.14. The molecule has 1 atom stereocenters. The largest absolute Gasteiger partial charge is 0.243 e. The van der Waals surface area contributed by atoms with Gasteiger partial charge in [-0.05, 0) is 12.1 Å². The fourth-order valence-corrected chi connectivity index (χ4v) is 2.87. The Kier molecular flexibility index (Phi) is 2.04. The van der Waals surface area contributed by atoms with Gasteiger partial charge in [-0.1, -0.05) is 42.5 Å². The van der Waals surface area contributed by atoms with E-state index in [4.69, 9.17) is 0 Å². The fraction of sp³-hybridized carbons (Fsp3) is 0. The first kappa shape index (κ1) is 8.70. The lowest BCUT2D eigenvalue weighted by Gasteiger charge is -1.93. The highest BCUT2D eigenvalue weighted by atomic mass is 31.0. The number of nitrogens with zero attached hydrogens (tertiary/aromatic N) is 1. The molecule has 0 spiro atoms. The van der Waals surface area contributed by atoms with E-state index < -0.39 is 0 Å². The monoisotopic (exact) mass is 211 g/mol. The first-order chi connectivity index (χ1) is 7.43. The van der Waals surface area contributed by atoms with E-state index in [0.29, 0.717) is 8.19 Å². The van der Waals surface area contributed by atoms with Gasteiger partial charge in [0, 0.05) is 10.7 Å². The Bertz CT molecular complexity index is 551. The van der Waals surface area contributed by atoms with Crippen LogP contribution < -0.4 is 0 Å². The number of benzene rings is 2. The van der Waals surface area contributed by atoms with Crippen LogP contribution in [0.3, 0.4) is 0 Å². The molecule has 3 rings (SSSR count). The van der Waals surface area contributed by atoms with Crippen LogP contribution in [-0.4, -0.2) is 4.98 Å². The molecule has 0 aliphatic carbocycles. The summed E-state index contributed by atoms with van der Waals surface area (Å²) >= 11 is 0. The van der Waals surface area contributed by atoms with Crippen molar-refractivity contribution in [2.45, 2.75) is 0 Å². The molecular formula is C13H10NP. The summed E-state index contributed by atoms with van der Waals surface area (Å²) in [5.41, 5.74) is 3.58. The Morgan fingerprint density at radius 1 is 0.800 bits per heavy atom. The van der Waals surface area contributed by atoms with Crippen molar-refractivity contribution < 1.29 is 0 Å². The zero-order chi connectivity index (χ0) is 10.1. The van der Waals surface area contributed by atoms with Crippen LogP contribution in [0.1, 0.15) is 0 Å². The van der Waals surface area contributed by atoms with Gasteiger partial charge in [-0.2, -0.15) is 0 Å². The number of fused-ring (bicyclic) bond motifs is 1. The van der Waals surface area contributed by atoms with Gasteiger partial charge >= 0.3 is 0 Å². The van der Waals surface area contributed by atoms with Gasteiger partial charge in [0.05, 0.1) is 10.9 Å². The summed E-state index contributed by atoms with van der Waals surface area (Å²) in [7, 11) is 0.698. The molecule has 1 aromatic heterocycles. The summed E-state index contributed by atoms with van der Waals surface area (Å²) in [5.74, 6) is 0. The van der Waals surface area contributed by atoms with Crippen LogP contribution in [-0.2, 0) is 0 Å². The molecule has 0 saturated carbocycles. The molecule has 72 valence electrons. The third-order valence-electron chi connectivity index (χ3n) is 2.44. The maximum Gasteiger partial charge on any atom is 0.0872 e. The lowest BCUT2D eigenvalue weighted by molar-refractivity contribution is 1.48. The van der Waals surface area contributed by atoms with E-state index in [9.17, 15) is 0 Å². The van der Waals surface area contributed by atoms with Crippen LogP contribution in [0.4, 0.5) is 0 Å². The molecule has 0 aliphatic heterocycles. The zero-order valence-corrected chi connectivity index (χ0v) is 9.14. The SMILES string of the molecule is c1ccc(-c2nc3ccccc3[pH]2)cc1. The van der Waals surface area contributed by atoms with Crippen molar-refractivity contribution in [3.63, 3.8) is 0 Å². The summed E-state index contributed by atoms with van der Waals surface area (Å²) in [6.07, 6.45) is 0. The lowest BCUT2D eigenvalue weighted by atomic mass is 10.2. The number of para-hydroxylation sites is 1. The molecule has 3 aromatic rings. The van der Waals surface area contributed by atoms with E-state index >= 15 is 0 Å². The summed E-state index contributed by atoms with van der Waals surface area (Å²) in [6.45, 7) is 0. The second kappa shape index (κ2) is 3.52. The van der Waals surface area contributed by atoms with E-state index in [2.05, 4.69) is 47.4 Å². The minimum Gasteiger partial charge on any atom is -0.243 e. The van der Waals surface area contributed by atoms with Gasteiger partial charge in [0.2, 0.25) is 0 Å². The average molecular weight is 211 g/mol. The predicted octanol–water partition coefficient (Wildman–Crippen LogP) is 3.93. The Morgan fingerprint density at radius 3 is 2.33 bits per heavy atom. The summed E-state index contributed by atoms with van der Waals surface area (Å²) in [4.78, 5) is 4.65. The van der Waals surface area contributed by atoms with Crippen molar-refractivity contribution in [1.29, 1.82) is 0 Å². The molecule has 0 amide bonds. The van der Waals surface area contributed by atoms with Crippen molar-refractivity contribution in [2.75, 3.05) is 0 Å². The third kappa shape index (κ3) is 1.55. The molecule has 0 bridgehead atoms. The van der Waals surface area contributed by atoms with Gasteiger partial charge in [0.25, 0.3) is 0 Å². The number of aromatic nitrogens is 1. The highest BCUT2D eigenvalue weighted by Gasteiger charge is 2.02. The Balaban J connectivity index is 2.21. The molecule has 1 unspecified atom stereocenters. The Morgan fingerprint density at radius 2 is 1.53 bits per heavy atom. The van der Waals surface area contributed by atoms with Crippen molar-refractivity contribution in [3.05, 3.63) is 54.6 Å². The molecule has 0 fully saturated rings. The molecular weight excluding hydrogens is 201 g/mol. The number of rotatable bonds is 1. The average Bonchev–Trinajstić information content (AvgIpc) is 2.74. The van der Waals surface area contributed by atoms with E-state index in [-0.39, 0.29) is 0 Å². The topological polar surface area (TPSA) is 12.9 Å². The molecule has 0 saturated heterocycles. The van der Waals surface area contributed by atoms with Crippen molar-refractivity contribution in [1.82, 2.24) is 4.98 Å². The van der Waals surface area contributed by atoms with Gasteiger partial charge in [-0.3, -0.25) is 0 Å². The molecule has 2 aromatic carbocycles. The first-order valence-electron chi connectivity index (χ1n) is 4.94. The summed E-state index contributed by atoms with van der Waals surface area (Å²) in [5, 5.41) is 1.36. The number of hydrogen-bond acceptors (Lipinski definition) is 1. The van der Waals surface area contributed by atoms with E-state index in [1.54, 1.807) is 0 Å². The first-order valence-corrected chi connectivity index (χ1v) is 5.94. The minimum absolute atomic E-state index is 0.698. The van der Waals surface area contributed by atoms with Crippen molar-refractivity contribution in [3.8, 4) is 11.0 Å². The summed E-state index contributed by atoms with van der Waals surface area (Å²) in [6, 6.07) is 18.8. The third-order valence-corrected chi connectivity index (χ3v) is 3.77. The highest BCUT2D eigenvalue weighted by molar-refractivity contribution is 7.40. The van der Waals surface area contributed by atoms with Crippen LogP contribution in [0.2, 0.25) is 0 Å². The maximum absolute atomic E-state index is 4.65. The van der Waals surface area contributed by atoms with Crippen LogP contribution in [0.5, 0.6) is 0 Å². The van der Waals surface area contributed by atoms with Gasteiger partial charge in [0.15, 0.2) is 0 Å². The van der Waals surface area contributed by atoms with Gasteiger partial charge in [0.1, 0.15) is 0 Å². The second-order valence-corrected chi connectivity index (χ2v) is 4.73. The molecule has 15 heavy (non-hydrogen) atoms. The summed E-state index contributed by atoms with van der Waals surface area (Å²) < 4.78 is 0. The van der Waals surface area contributed by atoms with Gasteiger partial charge in [-0.25, -0.2) is 4.98 Å². The predicted molar refractivity (Wildman–Crippen MR) is 66.7 cm³/mol. The smallest absolute Gasteiger partial charge is 0.0872 e. The molecule has 0 radical (unpaired) electrons. The van der Waals surface area contributed by atoms with E-state index in [1.165, 1.54) is 16.1 Å². The minimum atomic E-state index is 0.698. The molecule has 2 heteroatoms. The molecule has 0 N–H and O–H groups in total. The standard InChI is InChI=1S/C13H10NP/c1-2-6-10(7-3-1)13-14-11-8-4-5-9-12(11)15-13/h1-9,15H. The fourth-order valence-electron chi connectivity index (χ4n) is 1.69. The number of hydrogen-bond donors (Lipinski definition) is 0. The quantitative estimate of drug-likeness (QED) is 0.594. The second-order valence-electron chi connectivity index (χ2n) is 3.47. The highest BCUT2D eigenvalue weighted by Crippen LogP contribution is 2.33. The molecule has 0 aliphatic rings. The van der Waals surface area contributed by atoms with Crippen molar-refractivity contribution >= 4 is 18.8 Å². The Hall–Kier alpha value is -1.59. The Labute approximate surface area is 89.9 Å². The van der Waals surface area contributed by atoms with Gasteiger partial charge in [-0.15, -0.1) is 8.19 Å². The van der Waals surface area contributed by atoms with E-state index in [1.807, 2.05) is 12.1 Å². The molecule has 1 nitrogen and oxygen atoms in total. The van der Waals surface area contributed by atoms with E-state index in [0.717, 1.165) is 5.52 Å². The van der Waals surface area contributed by atoms with Crippen LogP contribution in [0.25, 0.3) is 21.6 Å². The van der Waals surface area contributed by atoms with Crippen molar-refractivity contribution in [2.24, 2.45) is 0 Å². The normalized spacial score (nSPS) is 11.2. The van der Waals surface area contributed by atoms with Crippen LogP contribution in [0, 0.1) is 0 Å². The maximum atomic E-state index is 4.65. The van der Waals surface area contributed by atoms with Crippen LogP contribution >= 0.6 is 8.19 Å². The lowest BCUT2D eigenvalue weighted by Crippen LogP contribution is -1.72. The van der Waals surface area contributed by atoms with Crippen LogP contribution in [0.15, 0.2) is 54.6 Å².